The highest BCUT2D eigenvalue weighted by atomic mass is 35.5. The fourth-order valence-electron chi connectivity index (χ4n) is 2.57. The molecule has 1 aliphatic heterocycles. The van der Waals surface area contributed by atoms with Crippen LogP contribution in [0.5, 0.6) is 11.5 Å². The van der Waals surface area contributed by atoms with Crippen molar-refractivity contribution in [3.8, 4) is 11.5 Å². The van der Waals surface area contributed by atoms with Crippen molar-refractivity contribution in [3.05, 3.63) is 63.3 Å². The summed E-state index contributed by atoms with van der Waals surface area (Å²) >= 11 is 6.79. The van der Waals surface area contributed by atoms with E-state index in [-0.39, 0.29) is 22.0 Å². The lowest BCUT2D eigenvalue weighted by atomic mass is 10.1. The second kappa shape index (κ2) is 8.02. The quantitative estimate of drug-likeness (QED) is 0.670. The van der Waals surface area contributed by atoms with Crippen molar-refractivity contribution in [2.24, 2.45) is 0 Å². The summed E-state index contributed by atoms with van der Waals surface area (Å²) in [7, 11) is 3.03. The molecule has 0 saturated carbocycles. The second-order valence-electron chi connectivity index (χ2n) is 5.58. The largest absolute Gasteiger partial charge is 0.493 e. The number of imide groups is 1. The van der Waals surface area contributed by atoms with Gasteiger partial charge >= 0.3 is 0 Å². The molecule has 140 valence electrons. The van der Waals surface area contributed by atoms with E-state index in [9.17, 15) is 14.0 Å². The number of thioether (sulfide) groups is 1. The van der Waals surface area contributed by atoms with Crippen molar-refractivity contribution in [2.75, 3.05) is 14.2 Å². The van der Waals surface area contributed by atoms with Gasteiger partial charge in [-0.05, 0) is 47.7 Å². The number of nitrogens with zero attached hydrogens (tertiary/aromatic N) is 1. The number of benzene rings is 2. The molecule has 8 heteroatoms. The lowest BCUT2D eigenvalue weighted by Crippen LogP contribution is -2.28. The van der Waals surface area contributed by atoms with Crippen LogP contribution in [0.1, 0.15) is 11.1 Å². The van der Waals surface area contributed by atoms with Crippen LogP contribution < -0.4 is 9.47 Å². The van der Waals surface area contributed by atoms with Gasteiger partial charge in [-0.3, -0.25) is 14.5 Å². The molecule has 2 aromatic rings. The summed E-state index contributed by atoms with van der Waals surface area (Å²) in [5.41, 5.74) is 0.774. The third-order valence-corrected chi connectivity index (χ3v) is 5.22. The van der Waals surface area contributed by atoms with Crippen LogP contribution in [0.3, 0.4) is 0 Å². The summed E-state index contributed by atoms with van der Waals surface area (Å²) in [6.07, 6.45) is 1.58. The molecule has 0 aliphatic carbocycles. The highest BCUT2D eigenvalue weighted by Gasteiger charge is 2.35. The molecule has 1 aliphatic rings. The number of rotatable bonds is 5. The molecular formula is C19H15ClFNO4S. The highest BCUT2D eigenvalue weighted by Crippen LogP contribution is 2.36. The summed E-state index contributed by atoms with van der Waals surface area (Å²) < 4.78 is 24.4. The van der Waals surface area contributed by atoms with Crippen LogP contribution in [0.2, 0.25) is 5.02 Å². The van der Waals surface area contributed by atoms with E-state index in [2.05, 4.69) is 0 Å². The molecule has 1 heterocycles. The lowest BCUT2D eigenvalue weighted by Gasteiger charge is -2.14. The maximum Gasteiger partial charge on any atom is 0.293 e. The minimum atomic E-state index is -0.564. The zero-order valence-electron chi connectivity index (χ0n) is 14.5. The van der Waals surface area contributed by atoms with Crippen LogP contribution in [0.25, 0.3) is 6.08 Å². The number of carbonyl (C=O) groups excluding carboxylic acids is 2. The topological polar surface area (TPSA) is 55.8 Å². The minimum absolute atomic E-state index is 0.105. The predicted octanol–water partition coefficient (Wildman–Crippen LogP) is 4.73. The maximum atomic E-state index is 14.0. The van der Waals surface area contributed by atoms with Crippen molar-refractivity contribution in [1.82, 2.24) is 4.90 Å². The van der Waals surface area contributed by atoms with Crippen LogP contribution in [0.15, 0.2) is 41.3 Å². The number of methoxy groups -OCH3 is 2. The second-order valence-corrected chi connectivity index (χ2v) is 6.98. The van der Waals surface area contributed by atoms with Crippen LogP contribution in [0, 0.1) is 5.82 Å². The Kier molecular flexibility index (Phi) is 5.72. The van der Waals surface area contributed by atoms with Gasteiger partial charge in [-0.2, -0.15) is 0 Å². The van der Waals surface area contributed by atoms with Crippen molar-refractivity contribution >= 4 is 40.6 Å². The molecule has 0 N–H and O–H groups in total. The SMILES string of the molecule is COc1ccc(/C=C2\SC(=O)N(Cc3c(F)cccc3Cl)C2=O)cc1OC. The monoisotopic (exact) mass is 407 g/mol. The third-order valence-electron chi connectivity index (χ3n) is 3.96. The van der Waals surface area contributed by atoms with Gasteiger partial charge in [-0.1, -0.05) is 23.7 Å². The number of hydrogen-bond donors (Lipinski definition) is 0. The molecule has 27 heavy (non-hydrogen) atoms. The summed E-state index contributed by atoms with van der Waals surface area (Å²) in [4.78, 5) is 26.1. The van der Waals surface area contributed by atoms with Crippen LogP contribution in [-0.2, 0) is 11.3 Å². The van der Waals surface area contributed by atoms with Gasteiger partial charge in [-0.15, -0.1) is 0 Å². The number of halogens is 2. The molecule has 0 aromatic heterocycles. The van der Waals surface area contributed by atoms with E-state index in [4.69, 9.17) is 21.1 Å². The Bertz CT molecular complexity index is 927. The van der Waals surface area contributed by atoms with Crippen LogP contribution >= 0.6 is 23.4 Å². The number of carbonyl (C=O) groups is 2. The van der Waals surface area contributed by atoms with Gasteiger partial charge in [0.05, 0.1) is 25.7 Å². The molecule has 2 aromatic carbocycles. The van der Waals surface area contributed by atoms with E-state index in [0.29, 0.717) is 17.1 Å². The fraction of sp³-hybridized carbons (Fsp3) is 0.158. The maximum absolute atomic E-state index is 14.0. The molecule has 1 saturated heterocycles. The van der Waals surface area contributed by atoms with E-state index in [1.54, 1.807) is 24.3 Å². The molecule has 0 bridgehead atoms. The van der Waals surface area contributed by atoms with Crippen LogP contribution in [0.4, 0.5) is 9.18 Å². The fourth-order valence-corrected chi connectivity index (χ4v) is 3.63. The lowest BCUT2D eigenvalue weighted by molar-refractivity contribution is -0.123. The Hall–Kier alpha value is -2.51. The van der Waals surface area contributed by atoms with Crippen LogP contribution in [-0.4, -0.2) is 30.3 Å². The molecular weight excluding hydrogens is 393 g/mol. The Morgan fingerprint density at radius 3 is 2.56 bits per heavy atom. The molecule has 0 unspecified atom stereocenters. The Labute approximate surface area is 164 Å². The van der Waals surface area contributed by atoms with Gasteiger partial charge in [0, 0.05) is 10.6 Å². The summed E-state index contributed by atoms with van der Waals surface area (Å²) in [6.45, 7) is -0.223. The zero-order chi connectivity index (χ0) is 19.6. The Balaban J connectivity index is 1.87. The smallest absolute Gasteiger partial charge is 0.293 e. The zero-order valence-corrected chi connectivity index (χ0v) is 16.1. The molecule has 0 spiro atoms. The first kappa shape index (κ1) is 19.3. The van der Waals surface area contributed by atoms with Gasteiger partial charge in [0.25, 0.3) is 11.1 Å². The standard InChI is InChI=1S/C19H15ClFNO4S/c1-25-15-7-6-11(8-16(15)26-2)9-17-18(23)22(19(24)27-17)10-12-13(20)4-3-5-14(12)21/h3-9H,10H2,1-2H3/b17-9-. The molecule has 5 nitrogen and oxygen atoms in total. The van der Waals surface area contributed by atoms with E-state index >= 15 is 0 Å². The third kappa shape index (κ3) is 3.94. The van der Waals surface area contributed by atoms with Gasteiger partial charge < -0.3 is 9.47 Å². The van der Waals surface area contributed by atoms with Gasteiger partial charge in [0.2, 0.25) is 0 Å². The van der Waals surface area contributed by atoms with E-state index in [1.807, 2.05) is 0 Å². The number of ether oxygens (including phenoxy) is 2. The Morgan fingerprint density at radius 1 is 1.15 bits per heavy atom. The summed E-state index contributed by atoms with van der Waals surface area (Å²) in [6, 6.07) is 9.35. The normalized spacial score (nSPS) is 15.6. The molecule has 0 radical (unpaired) electrons. The van der Waals surface area contributed by atoms with E-state index in [1.165, 1.54) is 32.4 Å². The van der Waals surface area contributed by atoms with E-state index in [0.717, 1.165) is 16.7 Å². The number of hydrogen-bond acceptors (Lipinski definition) is 5. The van der Waals surface area contributed by atoms with Gasteiger partial charge in [0.15, 0.2) is 11.5 Å². The van der Waals surface area contributed by atoms with Crippen molar-refractivity contribution in [2.45, 2.75) is 6.54 Å². The molecule has 1 fully saturated rings. The van der Waals surface area contributed by atoms with Crippen molar-refractivity contribution in [3.63, 3.8) is 0 Å². The summed E-state index contributed by atoms with van der Waals surface area (Å²) in [5.74, 6) is -0.00917. The molecule has 0 atom stereocenters. The first-order valence-corrected chi connectivity index (χ1v) is 9.04. The minimum Gasteiger partial charge on any atom is -0.493 e. The average Bonchev–Trinajstić information content (AvgIpc) is 2.91. The first-order chi connectivity index (χ1) is 12.9. The van der Waals surface area contributed by atoms with Crippen molar-refractivity contribution in [1.29, 1.82) is 0 Å². The number of amides is 2. The van der Waals surface area contributed by atoms with Gasteiger partial charge in [-0.25, -0.2) is 4.39 Å². The first-order valence-electron chi connectivity index (χ1n) is 7.85. The predicted molar refractivity (Wildman–Crippen MR) is 102 cm³/mol. The Morgan fingerprint density at radius 2 is 1.89 bits per heavy atom. The average molecular weight is 408 g/mol. The van der Waals surface area contributed by atoms with Crippen molar-refractivity contribution < 1.29 is 23.5 Å². The highest BCUT2D eigenvalue weighted by molar-refractivity contribution is 8.18. The van der Waals surface area contributed by atoms with Gasteiger partial charge in [0.1, 0.15) is 5.82 Å². The molecule has 3 rings (SSSR count). The summed E-state index contributed by atoms with van der Waals surface area (Å²) in [5, 5.41) is -0.316. The molecule has 2 amide bonds. The van der Waals surface area contributed by atoms with E-state index < -0.39 is 17.0 Å².